The summed E-state index contributed by atoms with van der Waals surface area (Å²) in [5.41, 5.74) is 4.16. The van der Waals surface area contributed by atoms with Gasteiger partial charge in [-0.15, -0.1) is 11.3 Å². The van der Waals surface area contributed by atoms with E-state index in [0.29, 0.717) is 11.7 Å². The minimum atomic E-state index is 0.503. The number of halogens is 1. The molecule has 6 heteroatoms. The maximum Gasteiger partial charge on any atom is 0.194 e. The molecule has 0 radical (unpaired) electrons. The van der Waals surface area contributed by atoms with Crippen molar-refractivity contribution in [1.82, 2.24) is 14.4 Å². The smallest absolute Gasteiger partial charge is 0.194 e. The van der Waals surface area contributed by atoms with E-state index in [9.17, 15) is 0 Å². The molecule has 3 heterocycles. The summed E-state index contributed by atoms with van der Waals surface area (Å²) >= 11 is 7.75. The Morgan fingerprint density at radius 2 is 2.26 bits per heavy atom. The Balaban J connectivity index is 1.90. The van der Waals surface area contributed by atoms with Gasteiger partial charge in [-0.25, -0.2) is 9.97 Å². The molecule has 3 aromatic rings. The maximum absolute atomic E-state index is 6.11. The molecule has 3 rings (SSSR count). The number of thiazole rings is 1. The topological polar surface area (TPSA) is 42.2 Å². The summed E-state index contributed by atoms with van der Waals surface area (Å²) < 4.78 is 2.10. The first kappa shape index (κ1) is 12.4. The minimum absolute atomic E-state index is 0.503. The molecule has 0 amide bonds. The Morgan fingerprint density at radius 1 is 1.42 bits per heavy atom. The second-order valence-corrected chi connectivity index (χ2v) is 5.58. The second-order valence-electron chi connectivity index (χ2n) is 4.35. The van der Waals surface area contributed by atoms with Gasteiger partial charge >= 0.3 is 0 Å². The van der Waals surface area contributed by atoms with Crippen molar-refractivity contribution in [2.45, 2.75) is 20.4 Å². The number of imidazole rings is 1. The number of nitrogens with zero attached hydrogens (tertiary/aromatic N) is 3. The van der Waals surface area contributed by atoms with E-state index in [-0.39, 0.29) is 0 Å². The molecular weight excluding hydrogens is 280 g/mol. The molecule has 0 aromatic carbocycles. The van der Waals surface area contributed by atoms with Gasteiger partial charge < -0.3 is 5.32 Å². The first-order valence-corrected chi connectivity index (χ1v) is 7.18. The van der Waals surface area contributed by atoms with E-state index in [1.165, 1.54) is 0 Å². The summed E-state index contributed by atoms with van der Waals surface area (Å²) in [6, 6.07) is 1.94. The zero-order chi connectivity index (χ0) is 13.4. The van der Waals surface area contributed by atoms with Gasteiger partial charge in [0.15, 0.2) is 10.1 Å². The number of hydrogen-bond acceptors (Lipinski definition) is 4. The maximum atomic E-state index is 6.11. The number of aromatic nitrogens is 3. The molecular formula is C13H13ClN4S. The predicted molar refractivity (Wildman–Crippen MR) is 79.1 cm³/mol. The van der Waals surface area contributed by atoms with E-state index in [1.807, 2.05) is 31.5 Å². The van der Waals surface area contributed by atoms with E-state index in [4.69, 9.17) is 11.6 Å². The van der Waals surface area contributed by atoms with Crippen LogP contribution in [0.3, 0.4) is 0 Å². The highest BCUT2D eigenvalue weighted by Gasteiger charge is 2.11. The SMILES string of the molecule is Cc1ccnc(Cl)c1NCc1c(C)nc2sccn12. The van der Waals surface area contributed by atoms with Crippen LogP contribution in [0.5, 0.6) is 0 Å². The van der Waals surface area contributed by atoms with Gasteiger partial charge in [-0.3, -0.25) is 4.40 Å². The highest BCUT2D eigenvalue weighted by molar-refractivity contribution is 7.15. The molecule has 98 valence electrons. The molecule has 3 aromatic heterocycles. The molecule has 0 aliphatic heterocycles. The van der Waals surface area contributed by atoms with Crippen LogP contribution in [-0.2, 0) is 6.54 Å². The molecule has 0 unspecified atom stereocenters. The van der Waals surface area contributed by atoms with Crippen LogP contribution in [0.15, 0.2) is 23.8 Å². The lowest BCUT2D eigenvalue weighted by Crippen LogP contribution is -2.05. The number of anilines is 1. The molecule has 0 saturated carbocycles. The van der Waals surface area contributed by atoms with Gasteiger partial charge in [0.25, 0.3) is 0 Å². The zero-order valence-corrected chi connectivity index (χ0v) is 12.2. The molecule has 0 bridgehead atoms. The lowest BCUT2D eigenvalue weighted by molar-refractivity contribution is 0.990. The molecule has 1 N–H and O–H groups in total. The van der Waals surface area contributed by atoms with Crippen LogP contribution in [0.25, 0.3) is 4.96 Å². The first-order valence-electron chi connectivity index (χ1n) is 5.93. The van der Waals surface area contributed by atoms with Crippen molar-refractivity contribution in [3.63, 3.8) is 0 Å². The molecule has 0 atom stereocenters. The van der Waals surface area contributed by atoms with Gasteiger partial charge in [-0.1, -0.05) is 11.6 Å². The van der Waals surface area contributed by atoms with Crippen molar-refractivity contribution >= 4 is 33.6 Å². The normalized spacial score (nSPS) is 11.1. The summed E-state index contributed by atoms with van der Waals surface area (Å²) in [4.78, 5) is 9.64. The summed E-state index contributed by atoms with van der Waals surface area (Å²) in [5, 5.41) is 5.89. The van der Waals surface area contributed by atoms with Gasteiger partial charge in [-0.05, 0) is 25.5 Å². The number of pyridine rings is 1. The van der Waals surface area contributed by atoms with Crippen molar-refractivity contribution in [2.24, 2.45) is 0 Å². The molecule has 0 fully saturated rings. The summed E-state index contributed by atoms with van der Waals surface area (Å²) in [6.07, 6.45) is 3.75. The monoisotopic (exact) mass is 292 g/mol. The average Bonchev–Trinajstić information content (AvgIpc) is 2.90. The van der Waals surface area contributed by atoms with Crippen LogP contribution in [0.4, 0.5) is 5.69 Å². The van der Waals surface area contributed by atoms with E-state index in [2.05, 4.69) is 19.7 Å². The summed E-state index contributed by atoms with van der Waals surface area (Å²) in [7, 11) is 0. The molecule has 0 aliphatic carbocycles. The number of aryl methyl sites for hydroxylation is 2. The van der Waals surface area contributed by atoms with E-state index in [1.54, 1.807) is 17.5 Å². The van der Waals surface area contributed by atoms with Crippen molar-refractivity contribution in [3.8, 4) is 0 Å². The summed E-state index contributed by atoms with van der Waals surface area (Å²) in [5.74, 6) is 0. The van der Waals surface area contributed by atoms with Gasteiger partial charge in [-0.2, -0.15) is 0 Å². The first-order chi connectivity index (χ1) is 9.16. The van der Waals surface area contributed by atoms with E-state index < -0.39 is 0 Å². The fraction of sp³-hybridized carbons (Fsp3) is 0.231. The number of fused-ring (bicyclic) bond motifs is 1. The van der Waals surface area contributed by atoms with E-state index >= 15 is 0 Å². The van der Waals surface area contributed by atoms with Crippen LogP contribution >= 0.6 is 22.9 Å². The van der Waals surface area contributed by atoms with Crippen molar-refractivity contribution < 1.29 is 0 Å². The third-order valence-corrected chi connectivity index (χ3v) is 4.15. The average molecular weight is 293 g/mol. The van der Waals surface area contributed by atoms with Crippen molar-refractivity contribution in [2.75, 3.05) is 5.32 Å². The minimum Gasteiger partial charge on any atom is -0.377 e. The fourth-order valence-corrected chi connectivity index (χ4v) is 3.11. The number of hydrogen-bond donors (Lipinski definition) is 1. The van der Waals surface area contributed by atoms with Gasteiger partial charge in [0, 0.05) is 17.8 Å². The molecule has 0 saturated heterocycles. The lowest BCUT2D eigenvalue weighted by atomic mass is 10.2. The van der Waals surface area contributed by atoms with Crippen LogP contribution < -0.4 is 5.32 Å². The predicted octanol–water partition coefficient (Wildman–Crippen LogP) is 3.67. The largest absolute Gasteiger partial charge is 0.377 e. The van der Waals surface area contributed by atoms with Crippen molar-refractivity contribution in [1.29, 1.82) is 0 Å². The standard InChI is InChI=1S/C13H13ClN4S/c1-8-3-4-15-12(14)11(8)16-7-10-9(2)17-13-18(10)5-6-19-13/h3-6,16H,7H2,1-2H3. The molecule has 4 nitrogen and oxygen atoms in total. The lowest BCUT2D eigenvalue weighted by Gasteiger charge is -2.10. The quantitative estimate of drug-likeness (QED) is 0.749. The summed E-state index contributed by atoms with van der Waals surface area (Å²) in [6.45, 7) is 4.71. The fourth-order valence-electron chi connectivity index (χ4n) is 2.06. The second kappa shape index (κ2) is 4.83. The molecule has 19 heavy (non-hydrogen) atoms. The van der Waals surface area contributed by atoms with Gasteiger partial charge in [0.2, 0.25) is 0 Å². The third-order valence-electron chi connectivity index (χ3n) is 3.11. The Hall–Kier alpha value is -1.59. The van der Waals surface area contributed by atoms with E-state index in [0.717, 1.165) is 27.6 Å². The van der Waals surface area contributed by atoms with Gasteiger partial charge in [0.1, 0.15) is 0 Å². The van der Waals surface area contributed by atoms with Crippen LogP contribution in [0.2, 0.25) is 5.15 Å². The van der Waals surface area contributed by atoms with Crippen molar-refractivity contribution in [3.05, 3.63) is 45.9 Å². The highest BCUT2D eigenvalue weighted by atomic mass is 35.5. The Morgan fingerprint density at radius 3 is 3.05 bits per heavy atom. The number of nitrogens with one attached hydrogen (secondary N) is 1. The Bertz CT molecular complexity index is 711. The van der Waals surface area contributed by atoms with Crippen LogP contribution in [0, 0.1) is 13.8 Å². The third kappa shape index (κ3) is 2.19. The highest BCUT2D eigenvalue weighted by Crippen LogP contribution is 2.24. The Kier molecular flexibility index (Phi) is 3.16. The number of rotatable bonds is 3. The van der Waals surface area contributed by atoms with Crippen LogP contribution in [-0.4, -0.2) is 14.4 Å². The zero-order valence-electron chi connectivity index (χ0n) is 10.6. The molecule has 0 spiro atoms. The Labute approximate surface area is 120 Å². The molecule has 0 aliphatic rings. The van der Waals surface area contributed by atoms with Gasteiger partial charge in [0.05, 0.1) is 23.6 Å². The van der Waals surface area contributed by atoms with Crippen LogP contribution in [0.1, 0.15) is 17.0 Å².